The van der Waals surface area contributed by atoms with Crippen molar-refractivity contribution in [2.24, 2.45) is 0 Å². The molecule has 0 aliphatic heterocycles. The molecule has 2 aliphatic rings. The predicted octanol–water partition coefficient (Wildman–Crippen LogP) is 1.96. The van der Waals surface area contributed by atoms with Gasteiger partial charge in [0.2, 0.25) is 0 Å². The Labute approximate surface area is 148 Å². The minimum Gasteiger partial charge on any atom is -0.501 e. The van der Waals surface area contributed by atoms with Gasteiger partial charge in [-0.3, -0.25) is 0 Å². The molecule has 0 aromatic rings. The second kappa shape index (κ2) is 9.33. The zero-order valence-corrected chi connectivity index (χ0v) is 15.2. The Balaban J connectivity index is 0.00000242. The molecule has 5 heteroatoms. The van der Waals surface area contributed by atoms with Gasteiger partial charge in [-0.25, -0.2) is 11.4 Å². The van der Waals surface area contributed by atoms with Crippen molar-refractivity contribution < 1.29 is 26.0 Å². The summed E-state index contributed by atoms with van der Waals surface area (Å²) in [7, 11) is 8.55. The quantitative estimate of drug-likeness (QED) is 0.694. The van der Waals surface area contributed by atoms with Gasteiger partial charge in [0.25, 0.3) is 0 Å². The van der Waals surface area contributed by atoms with Gasteiger partial charge in [-0.05, 0) is 25.7 Å². The van der Waals surface area contributed by atoms with E-state index in [9.17, 15) is 0 Å². The number of allylic oxidation sites excluding steroid dienone is 1. The maximum Gasteiger partial charge on any atom is 2.00 e. The molecule has 22 heavy (non-hydrogen) atoms. The van der Waals surface area contributed by atoms with Gasteiger partial charge in [-0.15, -0.1) is 11.6 Å². The third-order valence-corrected chi connectivity index (χ3v) is 3.96. The normalized spacial score (nSPS) is 20.0. The monoisotopic (exact) mass is 334 g/mol. The fourth-order valence-corrected chi connectivity index (χ4v) is 3.01. The summed E-state index contributed by atoms with van der Waals surface area (Å²) in [5.74, 6) is 5.08. The summed E-state index contributed by atoms with van der Waals surface area (Å²) in [5.41, 5.74) is 1.38. The van der Waals surface area contributed by atoms with E-state index in [4.69, 9.17) is 0 Å². The summed E-state index contributed by atoms with van der Waals surface area (Å²) >= 11 is 0. The number of hydrogen-bond acceptors (Lipinski definition) is 0. The van der Waals surface area contributed by atoms with E-state index in [-0.39, 0.29) is 17.1 Å². The maximum atomic E-state index is 2.38. The molecule has 2 rings (SSSR count). The summed E-state index contributed by atoms with van der Waals surface area (Å²) in [4.78, 5) is 0. The van der Waals surface area contributed by atoms with E-state index in [2.05, 4.69) is 101 Å². The van der Waals surface area contributed by atoms with Gasteiger partial charge >= 0.3 is 17.1 Å². The fourth-order valence-electron chi connectivity index (χ4n) is 3.01. The van der Waals surface area contributed by atoms with Crippen molar-refractivity contribution in [2.75, 3.05) is 28.2 Å². The molecule has 10 radical (unpaired) electrons. The minimum atomic E-state index is 0. The van der Waals surface area contributed by atoms with Gasteiger partial charge in [-0.1, -0.05) is 32.6 Å². The Morgan fingerprint density at radius 1 is 0.818 bits per heavy atom. The Kier molecular flexibility index (Phi) is 8.49. The van der Waals surface area contributed by atoms with Crippen LogP contribution in [-0.4, -0.2) is 50.2 Å². The van der Waals surface area contributed by atoms with Gasteiger partial charge in [0.05, 0.1) is 28.2 Å². The van der Waals surface area contributed by atoms with E-state index >= 15 is 0 Å². The molecular weight excluding hydrogens is 310 g/mol. The van der Waals surface area contributed by atoms with Crippen LogP contribution in [0.2, 0.25) is 0 Å². The Morgan fingerprint density at radius 2 is 1.27 bits per heavy atom. The van der Waals surface area contributed by atoms with Gasteiger partial charge in [0, 0.05) is 0 Å². The summed E-state index contributed by atoms with van der Waals surface area (Å²) < 4.78 is 4.54. The fraction of sp³-hybridized carbons (Fsp3) is 0.294. The van der Waals surface area contributed by atoms with Crippen LogP contribution in [-0.2, 0) is 17.1 Å². The minimum absolute atomic E-state index is 0. The van der Waals surface area contributed by atoms with Crippen molar-refractivity contribution in [3.8, 4) is 0 Å². The Morgan fingerprint density at radius 3 is 1.68 bits per heavy atom. The molecule has 0 amide bonds. The number of hydrogen-bond donors (Lipinski definition) is 0. The third-order valence-electron chi connectivity index (χ3n) is 3.96. The zero-order valence-electron chi connectivity index (χ0n) is 14.1. The number of rotatable bonds is 4. The Bertz CT molecular complexity index is 463. The largest absolute Gasteiger partial charge is 2.00 e. The molecule has 0 aromatic heterocycles. The van der Waals surface area contributed by atoms with Crippen LogP contribution in [0.15, 0.2) is 11.4 Å². The first-order valence-corrected chi connectivity index (χ1v) is 7.45. The van der Waals surface area contributed by atoms with E-state index in [0.717, 1.165) is 0 Å². The summed E-state index contributed by atoms with van der Waals surface area (Å²) in [5, 5.41) is 0. The second-order valence-electron chi connectivity index (χ2n) is 6.12. The molecule has 2 fully saturated rings. The molecular formula is C17H24B2FeN2+2. The molecule has 2 aliphatic carbocycles. The SMILES string of the molecule is CC(=C[B-]([C]1[CH][CH][CH][CH]1)=[N+](C)C)[B-]([C]1[CH][CH][CH][CH]1)=[N+](C)C.[Fe+2]. The van der Waals surface area contributed by atoms with Crippen LogP contribution in [0.4, 0.5) is 0 Å². The van der Waals surface area contributed by atoms with Crippen LogP contribution in [0.5, 0.6) is 0 Å². The topological polar surface area (TPSA) is 6.02 Å². The smallest absolute Gasteiger partial charge is 0.501 e. The average Bonchev–Trinajstić information content (AvgIpc) is 3.08. The summed E-state index contributed by atoms with van der Waals surface area (Å²) in [6.45, 7) is 2.88. The van der Waals surface area contributed by atoms with Crippen molar-refractivity contribution in [3.63, 3.8) is 0 Å². The standard InChI is InChI=1S/C17H24B2N2.Fe/c1-15(19(21(4)5)17-12-8-9-13-17)14-18(20(2)3)16-10-6-7-11-16;/h6-14H,1-5H3;/q;+2. The summed E-state index contributed by atoms with van der Waals surface area (Å²) in [6, 6.07) is 0. The van der Waals surface area contributed by atoms with Crippen LogP contribution in [0, 0.1) is 63.0 Å². The van der Waals surface area contributed by atoms with Crippen molar-refractivity contribution in [1.82, 2.24) is 0 Å². The average molecular weight is 334 g/mol. The first kappa shape index (κ1) is 20.0. The molecule has 114 valence electrons. The van der Waals surface area contributed by atoms with Crippen molar-refractivity contribution in [1.29, 1.82) is 0 Å². The van der Waals surface area contributed by atoms with E-state index in [1.54, 1.807) is 0 Å². The first-order chi connectivity index (χ1) is 10.0. The van der Waals surface area contributed by atoms with Crippen molar-refractivity contribution >= 4 is 13.0 Å². The van der Waals surface area contributed by atoms with Crippen molar-refractivity contribution in [2.45, 2.75) is 6.92 Å². The van der Waals surface area contributed by atoms with Crippen molar-refractivity contribution in [3.05, 3.63) is 74.4 Å². The molecule has 0 unspecified atom stereocenters. The van der Waals surface area contributed by atoms with Gasteiger partial charge in [0.1, 0.15) is 0 Å². The summed E-state index contributed by atoms with van der Waals surface area (Å²) in [6.07, 6.45) is 17.2. The molecule has 2 saturated carbocycles. The van der Waals surface area contributed by atoms with Gasteiger partial charge in [-0.2, -0.15) is 0 Å². The third kappa shape index (κ3) is 4.99. The van der Waals surface area contributed by atoms with Crippen LogP contribution >= 0.6 is 0 Å². The van der Waals surface area contributed by atoms with E-state index in [0.29, 0.717) is 13.0 Å². The molecule has 0 atom stereocenters. The predicted molar refractivity (Wildman–Crippen MR) is 90.4 cm³/mol. The van der Waals surface area contributed by atoms with E-state index < -0.39 is 0 Å². The Hall–Kier alpha value is -0.0106. The second-order valence-corrected chi connectivity index (χ2v) is 6.12. The van der Waals surface area contributed by atoms with E-state index in [1.165, 1.54) is 17.1 Å². The molecule has 2 nitrogen and oxygen atoms in total. The molecule has 0 bridgehead atoms. The number of nitrogens with zero attached hydrogens (tertiary/aromatic N) is 2. The first-order valence-electron chi connectivity index (χ1n) is 7.45. The van der Waals surface area contributed by atoms with E-state index in [1.807, 2.05) is 0 Å². The van der Waals surface area contributed by atoms with Crippen LogP contribution < -0.4 is 0 Å². The molecule has 0 heterocycles. The zero-order chi connectivity index (χ0) is 15.4. The van der Waals surface area contributed by atoms with Crippen LogP contribution in [0.3, 0.4) is 0 Å². The molecule has 0 N–H and O–H groups in total. The molecule has 0 saturated heterocycles. The maximum absolute atomic E-state index is 2.38. The molecule has 0 spiro atoms. The van der Waals surface area contributed by atoms with Crippen LogP contribution in [0.25, 0.3) is 0 Å². The molecule has 0 aromatic carbocycles. The van der Waals surface area contributed by atoms with Gasteiger partial charge < -0.3 is 8.96 Å². The van der Waals surface area contributed by atoms with Gasteiger partial charge in [0.15, 0.2) is 13.0 Å². The van der Waals surface area contributed by atoms with Crippen LogP contribution in [0.1, 0.15) is 6.92 Å².